The fourth-order valence-corrected chi connectivity index (χ4v) is 2.82. The smallest absolute Gasteiger partial charge is 0.159 e. The van der Waals surface area contributed by atoms with E-state index >= 15 is 0 Å². The molecule has 1 aromatic carbocycles. The molecule has 0 bridgehead atoms. The second kappa shape index (κ2) is 5.11. The molecule has 0 unspecified atom stereocenters. The molecule has 1 aromatic heterocycles. The van der Waals surface area contributed by atoms with Crippen molar-refractivity contribution in [1.29, 1.82) is 0 Å². The van der Waals surface area contributed by atoms with Gasteiger partial charge in [0.05, 0.1) is 0 Å². The zero-order valence-electron chi connectivity index (χ0n) is 10.2. The molecule has 0 saturated heterocycles. The fraction of sp³-hybridized carbons (Fsp3) is 0.429. The van der Waals surface area contributed by atoms with Gasteiger partial charge in [0.25, 0.3) is 0 Å². The number of halogens is 1. The van der Waals surface area contributed by atoms with Crippen molar-refractivity contribution < 1.29 is 0 Å². The van der Waals surface area contributed by atoms with Crippen molar-refractivity contribution in [3.63, 3.8) is 0 Å². The molecule has 1 aliphatic carbocycles. The molecule has 18 heavy (non-hydrogen) atoms. The lowest BCUT2D eigenvalue weighted by atomic mass is 9.95. The fourth-order valence-electron chi connectivity index (χ4n) is 2.62. The van der Waals surface area contributed by atoms with E-state index in [-0.39, 0.29) is 0 Å². The minimum atomic E-state index is 0.472. The Morgan fingerprint density at radius 3 is 2.50 bits per heavy atom. The van der Waals surface area contributed by atoms with Crippen LogP contribution in [0.5, 0.6) is 0 Å². The highest BCUT2D eigenvalue weighted by molar-refractivity contribution is 6.34. The zero-order chi connectivity index (χ0) is 12.4. The van der Waals surface area contributed by atoms with Gasteiger partial charge in [-0.3, -0.25) is 0 Å². The third-order valence-electron chi connectivity index (χ3n) is 3.59. The molecule has 0 amide bonds. The van der Waals surface area contributed by atoms with E-state index in [1.54, 1.807) is 0 Å². The van der Waals surface area contributed by atoms with Gasteiger partial charge in [0.1, 0.15) is 0 Å². The van der Waals surface area contributed by atoms with Gasteiger partial charge >= 0.3 is 0 Å². The molecule has 1 saturated carbocycles. The first-order valence-corrected chi connectivity index (χ1v) is 6.90. The normalized spacial score (nSPS) is 16.9. The molecule has 3 rings (SSSR count). The molecule has 0 radical (unpaired) electrons. The number of rotatable bonds is 2. The van der Waals surface area contributed by atoms with E-state index in [9.17, 15) is 0 Å². The molecule has 94 valence electrons. The van der Waals surface area contributed by atoms with Crippen LogP contribution in [-0.4, -0.2) is 16.2 Å². The Morgan fingerprint density at radius 1 is 1.00 bits per heavy atom. The average Bonchev–Trinajstić information content (AvgIpc) is 2.44. The van der Waals surface area contributed by atoms with Crippen molar-refractivity contribution in [3.8, 4) is 0 Å². The second-order valence-corrected chi connectivity index (χ2v) is 5.22. The first kappa shape index (κ1) is 11.7. The Labute approximate surface area is 112 Å². The Hall–Kier alpha value is -1.35. The number of aromatic nitrogens is 2. The first-order valence-electron chi connectivity index (χ1n) is 6.52. The number of hydrogen-bond acceptors (Lipinski definition) is 3. The van der Waals surface area contributed by atoms with Crippen LogP contribution < -0.4 is 5.32 Å². The number of nitrogens with zero attached hydrogens (tertiary/aromatic N) is 2. The van der Waals surface area contributed by atoms with Crippen LogP contribution in [0.25, 0.3) is 10.8 Å². The summed E-state index contributed by atoms with van der Waals surface area (Å²) in [6.07, 6.45) is 6.40. The average molecular weight is 262 g/mol. The van der Waals surface area contributed by atoms with E-state index in [0.29, 0.717) is 11.2 Å². The summed E-state index contributed by atoms with van der Waals surface area (Å²) in [5, 5.41) is 14.2. The van der Waals surface area contributed by atoms with Gasteiger partial charge in [-0.25, -0.2) is 0 Å². The van der Waals surface area contributed by atoms with Crippen molar-refractivity contribution >= 4 is 28.2 Å². The largest absolute Gasteiger partial charge is 0.365 e. The van der Waals surface area contributed by atoms with Crippen LogP contribution in [0.1, 0.15) is 32.1 Å². The minimum Gasteiger partial charge on any atom is -0.365 e. The van der Waals surface area contributed by atoms with Gasteiger partial charge in [-0.05, 0) is 12.8 Å². The van der Waals surface area contributed by atoms with E-state index < -0.39 is 0 Å². The SMILES string of the molecule is Clc1nnc(NC2CCCCC2)c2ccccc12. The molecule has 1 fully saturated rings. The van der Waals surface area contributed by atoms with Gasteiger partial charge in [0.2, 0.25) is 0 Å². The highest BCUT2D eigenvalue weighted by Crippen LogP contribution is 2.28. The quantitative estimate of drug-likeness (QED) is 0.887. The van der Waals surface area contributed by atoms with E-state index in [4.69, 9.17) is 11.6 Å². The predicted molar refractivity (Wildman–Crippen MR) is 75.0 cm³/mol. The lowest BCUT2D eigenvalue weighted by Gasteiger charge is -2.23. The van der Waals surface area contributed by atoms with Crippen LogP contribution in [0, 0.1) is 0 Å². The molecule has 0 aliphatic heterocycles. The number of anilines is 1. The van der Waals surface area contributed by atoms with Gasteiger partial charge in [-0.1, -0.05) is 55.1 Å². The van der Waals surface area contributed by atoms with Crippen molar-refractivity contribution in [2.24, 2.45) is 0 Å². The van der Waals surface area contributed by atoms with Crippen LogP contribution in [-0.2, 0) is 0 Å². The van der Waals surface area contributed by atoms with Gasteiger partial charge < -0.3 is 5.32 Å². The summed E-state index contributed by atoms with van der Waals surface area (Å²) < 4.78 is 0. The highest BCUT2D eigenvalue weighted by Gasteiger charge is 2.15. The zero-order valence-corrected chi connectivity index (χ0v) is 11.0. The molecule has 3 nitrogen and oxygen atoms in total. The van der Waals surface area contributed by atoms with Gasteiger partial charge in [0, 0.05) is 16.8 Å². The summed E-state index contributed by atoms with van der Waals surface area (Å²) in [5.41, 5.74) is 0. The van der Waals surface area contributed by atoms with E-state index in [1.165, 1.54) is 32.1 Å². The molecular formula is C14H16ClN3. The summed E-state index contributed by atoms with van der Waals surface area (Å²) in [7, 11) is 0. The van der Waals surface area contributed by atoms with E-state index in [2.05, 4.69) is 15.5 Å². The third kappa shape index (κ3) is 2.27. The van der Waals surface area contributed by atoms with E-state index in [1.807, 2.05) is 24.3 Å². The van der Waals surface area contributed by atoms with Gasteiger partial charge in [-0.15, -0.1) is 10.2 Å². The number of benzene rings is 1. The topological polar surface area (TPSA) is 37.8 Å². The van der Waals surface area contributed by atoms with Crippen LogP contribution >= 0.6 is 11.6 Å². The summed E-state index contributed by atoms with van der Waals surface area (Å²) in [5.74, 6) is 0.863. The van der Waals surface area contributed by atoms with Crippen LogP contribution in [0.2, 0.25) is 5.15 Å². The molecule has 2 aromatic rings. The minimum absolute atomic E-state index is 0.472. The number of nitrogens with one attached hydrogen (secondary N) is 1. The summed E-state index contributed by atoms with van der Waals surface area (Å²) >= 11 is 6.07. The molecule has 1 N–H and O–H groups in total. The molecule has 1 aliphatic rings. The second-order valence-electron chi connectivity index (χ2n) is 4.86. The Balaban J connectivity index is 1.94. The maximum Gasteiger partial charge on any atom is 0.159 e. The van der Waals surface area contributed by atoms with Crippen molar-refractivity contribution in [1.82, 2.24) is 10.2 Å². The maximum absolute atomic E-state index is 6.07. The lowest BCUT2D eigenvalue weighted by molar-refractivity contribution is 0.462. The summed E-state index contributed by atoms with van der Waals surface area (Å²) in [6.45, 7) is 0. The Morgan fingerprint density at radius 2 is 1.72 bits per heavy atom. The molecule has 0 spiro atoms. The van der Waals surface area contributed by atoms with Crippen LogP contribution in [0.4, 0.5) is 5.82 Å². The molecule has 0 atom stereocenters. The number of fused-ring (bicyclic) bond motifs is 1. The van der Waals surface area contributed by atoms with Crippen molar-refractivity contribution in [3.05, 3.63) is 29.4 Å². The highest BCUT2D eigenvalue weighted by atomic mass is 35.5. The van der Waals surface area contributed by atoms with Crippen molar-refractivity contribution in [2.75, 3.05) is 5.32 Å². The van der Waals surface area contributed by atoms with Crippen LogP contribution in [0.15, 0.2) is 24.3 Å². The third-order valence-corrected chi connectivity index (χ3v) is 3.87. The first-order chi connectivity index (χ1) is 8.84. The van der Waals surface area contributed by atoms with Crippen LogP contribution in [0.3, 0.4) is 0 Å². The van der Waals surface area contributed by atoms with E-state index in [0.717, 1.165) is 16.6 Å². The van der Waals surface area contributed by atoms with Gasteiger partial charge in [0.15, 0.2) is 11.0 Å². The monoisotopic (exact) mass is 261 g/mol. The van der Waals surface area contributed by atoms with Crippen molar-refractivity contribution in [2.45, 2.75) is 38.1 Å². The lowest BCUT2D eigenvalue weighted by Crippen LogP contribution is -2.23. The number of hydrogen-bond donors (Lipinski definition) is 1. The molecule has 4 heteroatoms. The molecule has 1 heterocycles. The molecular weight excluding hydrogens is 246 g/mol. The summed E-state index contributed by atoms with van der Waals surface area (Å²) in [4.78, 5) is 0. The van der Waals surface area contributed by atoms with Gasteiger partial charge in [-0.2, -0.15) is 0 Å². The standard InChI is InChI=1S/C14H16ClN3/c15-13-11-8-4-5-9-12(11)14(18-17-13)16-10-6-2-1-3-7-10/h4-5,8-10H,1-3,6-7H2,(H,16,18). The Kier molecular flexibility index (Phi) is 3.33. The summed E-state index contributed by atoms with van der Waals surface area (Å²) in [6, 6.07) is 8.53. The Bertz CT molecular complexity index is 550. The predicted octanol–water partition coefficient (Wildman–Crippen LogP) is 4.03. The maximum atomic E-state index is 6.07.